The smallest absolute Gasteiger partial charge is 0.0598 e. The third-order valence-electron chi connectivity index (χ3n) is 2.45. The molecular formula is C12H26O2. The van der Waals surface area contributed by atoms with Gasteiger partial charge in [0.15, 0.2) is 0 Å². The quantitative estimate of drug-likeness (QED) is 0.759. The summed E-state index contributed by atoms with van der Waals surface area (Å²) in [6.45, 7) is 13.6. The van der Waals surface area contributed by atoms with Crippen molar-refractivity contribution < 1.29 is 9.84 Å². The maximum absolute atomic E-state index is 9.24. The number of aliphatic hydroxyl groups excluding tert-OH is 1. The number of aliphatic hydroxyl groups is 1. The van der Waals surface area contributed by atoms with E-state index in [2.05, 4.69) is 41.5 Å². The Morgan fingerprint density at radius 1 is 1.07 bits per heavy atom. The lowest BCUT2D eigenvalue weighted by atomic mass is 9.79. The second-order valence-corrected chi connectivity index (χ2v) is 6.00. The summed E-state index contributed by atoms with van der Waals surface area (Å²) in [5.74, 6) is 0.324. The van der Waals surface area contributed by atoms with E-state index in [1.54, 1.807) is 0 Å². The summed E-state index contributed by atoms with van der Waals surface area (Å²) in [6, 6.07) is 0. The molecule has 0 bridgehead atoms. The summed E-state index contributed by atoms with van der Waals surface area (Å²) in [6.07, 6.45) is 0.928. The molecule has 14 heavy (non-hydrogen) atoms. The van der Waals surface area contributed by atoms with Crippen LogP contribution < -0.4 is 0 Å². The summed E-state index contributed by atoms with van der Waals surface area (Å²) in [4.78, 5) is 0. The lowest BCUT2D eigenvalue weighted by Gasteiger charge is -2.30. The van der Waals surface area contributed by atoms with Crippen molar-refractivity contribution in [1.29, 1.82) is 0 Å². The topological polar surface area (TPSA) is 29.5 Å². The molecule has 0 aromatic carbocycles. The molecule has 0 heterocycles. The van der Waals surface area contributed by atoms with Crippen molar-refractivity contribution in [3.63, 3.8) is 0 Å². The van der Waals surface area contributed by atoms with Crippen molar-refractivity contribution in [3.8, 4) is 0 Å². The molecule has 0 fully saturated rings. The van der Waals surface area contributed by atoms with Crippen molar-refractivity contribution in [2.45, 2.75) is 53.6 Å². The fraction of sp³-hybridized carbons (Fsp3) is 1.00. The van der Waals surface area contributed by atoms with E-state index in [9.17, 15) is 5.11 Å². The van der Waals surface area contributed by atoms with Crippen LogP contribution in [-0.2, 0) is 4.74 Å². The highest BCUT2D eigenvalue weighted by Crippen LogP contribution is 2.28. The van der Waals surface area contributed by atoms with E-state index in [0.717, 1.165) is 13.0 Å². The van der Waals surface area contributed by atoms with Crippen LogP contribution in [0.1, 0.15) is 48.0 Å². The summed E-state index contributed by atoms with van der Waals surface area (Å²) < 4.78 is 5.65. The minimum atomic E-state index is -0.0715. The lowest BCUT2D eigenvalue weighted by Crippen LogP contribution is -2.27. The van der Waals surface area contributed by atoms with E-state index in [1.807, 2.05) is 0 Å². The summed E-state index contributed by atoms with van der Waals surface area (Å²) in [5.41, 5.74) is 0.0912. The third-order valence-corrected chi connectivity index (χ3v) is 2.45. The first-order valence-corrected chi connectivity index (χ1v) is 5.41. The van der Waals surface area contributed by atoms with Crippen LogP contribution in [0.5, 0.6) is 0 Å². The van der Waals surface area contributed by atoms with Gasteiger partial charge in [0.2, 0.25) is 0 Å². The fourth-order valence-electron chi connectivity index (χ4n) is 1.31. The first-order valence-electron chi connectivity index (χ1n) is 5.41. The van der Waals surface area contributed by atoms with Crippen LogP contribution in [0, 0.1) is 11.3 Å². The van der Waals surface area contributed by atoms with Gasteiger partial charge in [-0.1, -0.05) is 20.8 Å². The Morgan fingerprint density at radius 2 is 1.57 bits per heavy atom. The van der Waals surface area contributed by atoms with Gasteiger partial charge >= 0.3 is 0 Å². The molecule has 1 unspecified atom stereocenters. The zero-order valence-electron chi connectivity index (χ0n) is 10.6. The Kier molecular flexibility index (Phi) is 5.10. The van der Waals surface area contributed by atoms with E-state index in [-0.39, 0.29) is 17.6 Å². The Hall–Kier alpha value is -0.0800. The van der Waals surface area contributed by atoms with Gasteiger partial charge in [-0.15, -0.1) is 0 Å². The van der Waals surface area contributed by atoms with Crippen LogP contribution in [0.3, 0.4) is 0 Å². The Morgan fingerprint density at radius 3 is 1.86 bits per heavy atom. The van der Waals surface area contributed by atoms with Gasteiger partial charge in [0.25, 0.3) is 0 Å². The molecule has 1 atom stereocenters. The predicted octanol–water partition coefficient (Wildman–Crippen LogP) is 2.85. The number of rotatable bonds is 4. The van der Waals surface area contributed by atoms with E-state index < -0.39 is 0 Å². The van der Waals surface area contributed by atoms with Crippen LogP contribution in [0.2, 0.25) is 0 Å². The molecule has 0 rings (SSSR count). The van der Waals surface area contributed by atoms with E-state index >= 15 is 0 Å². The third kappa shape index (κ3) is 6.39. The molecule has 2 nitrogen and oxygen atoms in total. The Bertz CT molecular complexity index is 151. The highest BCUT2D eigenvalue weighted by atomic mass is 16.5. The first-order chi connectivity index (χ1) is 6.17. The minimum Gasteiger partial charge on any atom is -0.396 e. The average Bonchev–Trinajstić information content (AvgIpc) is 1.93. The van der Waals surface area contributed by atoms with E-state index in [0.29, 0.717) is 5.92 Å². The fourth-order valence-corrected chi connectivity index (χ4v) is 1.31. The van der Waals surface area contributed by atoms with Crippen LogP contribution in [0.4, 0.5) is 0 Å². The zero-order valence-corrected chi connectivity index (χ0v) is 10.6. The molecule has 0 amide bonds. The largest absolute Gasteiger partial charge is 0.396 e. The molecule has 0 radical (unpaired) electrons. The summed E-state index contributed by atoms with van der Waals surface area (Å²) in [7, 11) is 0. The van der Waals surface area contributed by atoms with Crippen LogP contribution in [0.15, 0.2) is 0 Å². The maximum Gasteiger partial charge on any atom is 0.0598 e. The zero-order chi connectivity index (χ0) is 11.4. The molecule has 0 aliphatic rings. The standard InChI is InChI=1S/C12H26O2/c1-11(2,3)10(9-13)7-8-14-12(4,5)6/h10,13H,7-9H2,1-6H3. The highest BCUT2D eigenvalue weighted by Gasteiger charge is 2.24. The SMILES string of the molecule is CC(C)(C)OCCC(CO)C(C)(C)C. The molecule has 0 aromatic heterocycles. The highest BCUT2D eigenvalue weighted by molar-refractivity contribution is 4.73. The minimum absolute atomic E-state index is 0.0715. The van der Waals surface area contributed by atoms with E-state index in [4.69, 9.17) is 4.74 Å². The number of hydrogen-bond donors (Lipinski definition) is 1. The van der Waals surface area contributed by atoms with Crippen molar-refractivity contribution in [3.05, 3.63) is 0 Å². The van der Waals surface area contributed by atoms with Crippen molar-refractivity contribution in [2.75, 3.05) is 13.2 Å². The van der Waals surface area contributed by atoms with Gasteiger partial charge in [-0.2, -0.15) is 0 Å². The van der Waals surface area contributed by atoms with E-state index in [1.165, 1.54) is 0 Å². The first kappa shape index (κ1) is 13.9. The number of ether oxygens (including phenoxy) is 1. The Balaban J connectivity index is 3.87. The van der Waals surface area contributed by atoms with Gasteiger partial charge in [-0.25, -0.2) is 0 Å². The number of hydrogen-bond acceptors (Lipinski definition) is 2. The molecular weight excluding hydrogens is 176 g/mol. The lowest BCUT2D eigenvalue weighted by molar-refractivity contribution is -0.0212. The molecule has 0 aromatic rings. The molecule has 0 aliphatic carbocycles. The van der Waals surface area contributed by atoms with Gasteiger partial charge in [-0.3, -0.25) is 0 Å². The van der Waals surface area contributed by atoms with Crippen molar-refractivity contribution >= 4 is 0 Å². The molecule has 1 N–H and O–H groups in total. The molecule has 0 aliphatic heterocycles. The average molecular weight is 202 g/mol. The van der Waals surface area contributed by atoms with Gasteiger partial charge in [-0.05, 0) is 38.5 Å². The summed E-state index contributed by atoms with van der Waals surface area (Å²) >= 11 is 0. The van der Waals surface area contributed by atoms with Gasteiger partial charge in [0, 0.05) is 13.2 Å². The monoisotopic (exact) mass is 202 g/mol. The van der Waals surface area contributed by atoms with Crippen molar-refractivity contribution in [1.82, 2.24) is 0 Å². The van der Waals surface area contributed by atoms with Crippen LogP contribution in [-0.4, -0.2) is 23.9 Å². The second-order valence-electron chi connectivity index (χ2n) is 6.00. The van der Waals surface area contributed by atoms with Crippen LogP contribution >= 0.6 is 0 Å². The van der Waals surface area contributed by atoms with Gasteiger partial charge in [0.1, 0.15) is 0 Å². The Labute approximate surface area is 88.7 Å². The molecule has 0 saturated heterocycles. The predicted molar refractivity (Wildman–Crippen MR) is 60.4 cm³/mol. The molecule has 0 spiro atoms. The maximum atomic E-state index is 9.24. The molecule has 2 heteroatoms. The summed E-state index contributed by atoms with van der Waals surface area (Å²) in [5, 5.41) is 9.24. The van der Waals surface area contributed by atoms with Gasteiger partial charge in [0.05, 0.1) is 5.60 Å². The normalized spacial score (nSPS) is 15.6. The van der Waals surface area contributed by atoms with Crippen molar-refractivity contribution in [2.24, 2.45) is 11.3 Å². The molecule has 86 valence electrons. The molecule has 0 saturated carbocycles. The second kappa shape index (κ2) is 5.13. The van der Waals surface area contributed by atoms with Gasteiger partial charge < -0.3 is 9.84 Å². The van der Waals surface area contributed by atoms with Crippen LogP contribution in [0.25, 0.3) is 0 Å².